The van der Waals surface area contributed by atoms with Gasteiger partial charge in [0.1, 0.15) is 5.65 Å². The zero-order chi connectivity index (χ0) is 15.6. The highest BCUT2D eigenvalue weighted by atomic mass is 15.1. The monoisotopic (exact) mass is 298 g/mol. The van der Waals surface area contributed by atoms with Gasteiger partial charge >= 0.3 is 0 Å². The number of benzene rings is 3. The summed E-state index contributed by atoms with van der Waals surface area (Å²) in [6.07, 6.45) is 0. The van der Waals surface area contributed by atoms with Crippen LogP contribution in [0.2, 0.25) is 0 Å². The van der Waals surface area contributed by atoms with Crippen LogP contribution in [-0.4, -0.2) is 14.4 Å². The third-order valence-electron chi connectivity index (χ3n) is 4.52. The van der Waals surface area contributed by atoms with Crippen molar-refractivity contribution in [2.24, 2.45) is 0 Å². The lowest BCUT2D eigenvalue weighted by Crippen LogP contribution is -2.19. The zero-order valence-electron chi connectivity index (χ0n) is 12.6. The lowest BCUT2D eigenvalue weighted by molar-refractivity contribution is 0.943. The van der Waals surface area contributed by atoms with Crippen molar-refractivity contribution in [1.29, 1.82) is 5.41 Å². The predicted octanol–water partition coefficient (Wildman–Crippen LogP) is 3.91. The summed E-state index contributed by atoms with van der Waals surface area (Å²) in [7, 11) is 0. The molecule has 5 rings (SSSR count). The third kappa shape index (κ3) is 1.55. The number of hydrogen-bond donors (Lipinski definition) is 2. The second-order valence-electron chi connectivity index (χ2n) is 5.90. The maximum Gasteiger partial charge on any atom is 0.228 e. The van der Waals surface area contributed by atoms with E-state index in [9.17, 15) is 0 Å². The summed E-state index contributed by atoms with van der Waals surface area (Å²) in [6.45, 7) is 2.03. The summed E-state index contributed by atoms with van der Waals surface area (Å²) in [5.41, 5.74) is 5.20. The third-order valence-corrected chi connectivity index (χ3v) is 4.52. The highest BCUT2D eigenvalue weighted by molar-refractivity contribution is 6.09. The Morgan fingerprint density at radius 2 is 1.78 bits per heavy atom. The summed E-state index contributed by atoms with van der Waals surface area (Å²) < 4.78 is 1.90. The molecule has 0 radical (unpaired) electrons. The molecular formula is C19H14N4. The van der Waals surface area contributed by atoms with Crippen LogP contribution in [0.3, 0.4) is 0 Å². The fraction of sp³-hybridized carbons (Fsp3) is 0.0526. The number of fused-ring (bicyclic) bond motifs is 4. The molecule has 0 aliphatic heterocycles. The van der Waals surface area contributed by atoms with Gasteiger partial charge in [-0.05, 0) is 36.1 Å². The van der Waals surface area contributed by atoms with Crippen molar-refractivity contribution in [2.45, 2.75) is 6.92 Å². The molecule has 0 saturated heterocycles. The van der Waals surface area contributed by atoms with Gasteiger partial charge in [0.15, 0.2) is 0 Å². The Morgan fingerprint density at radius 1 is 1.00 bits per heavy atom. The number of aromatic nitrogens is 3. The summed E-state index contributed by atoms with van der Waals surface area (Å²) in [6, 6.07) is 18.5. The van der Waals surface area contributed by atoms with Crippen molar-refractivity contribution in [1.82, 2.24) is 14.4 Å². The molecule has 0 saturated carbocycles. The molecule has 0 amide bonds. The van der Waals surface area contributed by atoms with Gasteiger partial charge in [-0.3, -0.25) is 9.81 Å². The largest absolute Gasteiger partial charge is 0.340 e. The highest BCUT2D eigenvalue weighted by Gasteiger charge is 2.11. The van der Waals surface area contributed by atoms with Crippen molar-refractivity contribution >= 4 is 38.4 Å². The first-order valence-electron chi connectivity index (χ1n) is 7.60. The Bertz CT molecular complexity index is 1290. The first-order valence-corrected chi connectivity index (χ1v) is 7.60. The van der Waals surface area contributed by atoms with Gasteiger partial charge in [-0.25, -0.2) is 4.98 Å². The zero-order valence-corrected chi connectivity index (χ0v) is 12.6. The van der Waals surface area contributed by atoms with Crippen LogP contribution in [0.5, 0.6) is 0 Å². The van der Waals surface area contributed by atoms with Crippen LogP contribution in [0.25, 0.3) is 38.4 Å². The van der Waals surface area contributed by atoms with Gasteiger partial charge in [0.05, 0.1) is 11.0 Å². The van der Waals surface area contributed by atoms with E-state index in [2.05, 4.69) is 46.4 Å². The maximum absolute atomic E-state index is 8.44. The van der Waals surface area contributed by atoms with Crippen molar-refractivity contribution in [3.63, 3.8) is 0 Å². The number of aromatic amines is 1. The number of hydrogen-bond acceptors (Lipinski definition) is 2. The maximum atomic E-state index is 8.44. The number of aryl methyl sites for hydroxylation is 1. The van der Waals surface area contributed by atoms with E-state index >= 15 is 0 Å². The normalized spacial score (nSPS) is 11.9. The molecule has 0 aliphatic carbocycles. The molecular weight excluding hydrogens is 284 g/mol. The van der Waals surface area contributed by atoms with Crippen LogP contribution in [0.4, 0.5) is 0 Å². The van der Waals surface area contributed by atoms with E-state index in [4.69, 9.17) is 5.41 Å². The number of nitrogens with one attached hydrogen (secondary N) is 2. The molecule has 0 atom stereocenters. The predicted molar refractivity (Wildman–Crippen MR) is 92.7 cm³/mol. The van der Waals surface area contributed by atoms with Gasteiger partial charge in [-0.1, -0.05) is 36.4 Å². The SMILES string of the molecule is Cc1cccc2c1nc(=N)n1c3cccc4cccc([nH]c21)c43. The van der Waals surface area contributed by atoms with Crippen LogP contribution >= 0.6 is 0 Å². The smallest absolute Gasteiger partial charge is 0.228 e. The Hall–Kier alpha value is -3.14. The highest BCUT2D eigenvalue weighted by Crippen LogP contribution is 2.28. The van der Waals surface area contributed by atoms with E-state index in [1.165, 1.54) is 0 Å². The molecule has 3 aromatic carbocycles. The minimum Gasteiger partial charge on any atom is -0.340 e. The second-order valence-corrected chi connectivity index (χ2v) is 5.90. The van der Waals surface area contributed by atoms with Crippen LogP contribution in [0.1, 0.15) is 5.56 Å². The average Bonchev–Trinajstić information content (AvgIpc) is 2.56. The summed E-state index contributed by atoms with van der Waals surface area (Å²) >= 11 is 0. The molecule has 2 N–H and O–H groups in total. The lowest BCUT2D eigenvalue weighted by Gasteiger charge is -2.13. The molecule has 23 heavy (non-hydrogen) atoms. The molecule has 2 heterocycles. The summed E-state index contributed by atoms with van der Waals surface area (Å²) in [4.78, 5) is 8.06. The Morgan fingerprint density at radius 3 is 2.65 bits per heavy atom. The summed E-state index contributed by atoms with van der Waals surface area (Å²) in [5.74, 6) is 0. The molecule has 0 bridgehead atoms. The molecule has 0 fully saturated rings. The van der Waals surface area contributed by atoms with E-state index in [-0.39, 0.29) is 5.62 Å². The topological polar surface area (TPSA) is 56.9 Å². The second kappa shape index (κ2) is 4.20. The number of rotatable bonds is 0. The van der Waals surface area contributed by atoms with Gasteiger partial charge in [0, 0.05) is 16.3 Å². The quantitative estimate of drug-likeness (QED) is 0.330. The standard InChI is InChI=1S/C19H14N4/c1-11-5-2-8-13-17(11)22-19(20)23-15-10-4-7-12-6-3-9-14(16(12)15)21-18(13)23/h2-10,20-21H,1H3. The Balaban J connectivity index is 2.21. The minimum absolute atomic E-state index is 0.247. The van der Waals surface area contributed by atoms with E-state index in [1.54, 1.807) is 0 Å². The van der Waals surface area contributed by atoms with Crippen LogP contribution in [0, 0.1) is 12.3 Å². The molecule has 5 aromatic rings. The Kier molecular flexibility index (Phi) is 2.26. The first kappa shape index (κ1) is 12.4. The molecule has 4 nitrogen and oxygen atoms in total. The van der Waals surface area contributed by atoms with E-state index < -0.39 is 0 Å². The van der Waals surface area contributed by atoms with Crippen LogP contribution < -0.4 is 5.62 Å². The van der Waals surface area contributed by atoms with Crippen molar-refractivity contribution in [3.8, 4) is 0 Å². The fourth-order valence-corrected chi connectivity index (χ4v) is 3.48. The Labute approximate surface area is 131 Å². The van der Waals surface area contributed by atoms with Gasteiger partial charge in [-0.15, -0.1) is 0 Å². The molecule has 0 unspecified atom stereocenters. The van der Waals surface area contributed by atoms with Crippen LogP contribution in [0.15, 0.2) is 54.6 Å². The minimum atomic E-state index is 0.247. The van der Waals surface area contributed by atoms with Gasteiger partial charge in [-0.2, -0.15) is 0 Å². The number of H-pyrrole nitrogens is 1. The van der Waals surface area contributed by atoms with Crippen molar-refractivity contribution in [2.75, 3.05) is 0 Å². The fourth-order valence-electron chi connectivity index (χ4n) is 3.48. The number of para-hydroxylation sites is 1. The van der Waals surface area contributed by atoms with Gasteiger partial charge in [0.25, 0.3) is 0 Å². The number of nitrogens with zero attached hydrogens (tertiary/aromatic N) is 2. The van der Waals surface area contributed by atoms with Crippen LogP contribution in [-0.2, 0) is 0 Å². The molecule has 110 valence electrons. The molecule has 0 spiro atoms. The van der Waals surface area contributed by atoms with Crippen molar-refractivity contribution < 1.29 is 0 Å². The molecule has 2 aromatic heterocycles. The van der Waals surface area contributed by atoms with Gasteiger partial charge in [0.2, 0.25) is 5.62 Å². The summed E-state index contributed by atoms with van der Waals surface area (Å²) in [5, 5.41) is 11.8. The van der Waals surface area contributed by atoms with E-state index in [0.29, 0.717) is 0 Å². The molecule has 0 aliphatic rings. The lowest BCUT2D eigenvalue weighted by atomic mass is 10.1. The average molecular weight is 298 g/mol. The van der Waals surface area contributed by atoms with E-state index in [1.807, 2.05) is 29.5 Å². The molecule has 4 heteroatoms. The van der Waals surface area contributed by atoms with Crippen molar-refractivity contribution in [3.05, 3.63) is 65.8 Å². The van der Waals surface area contributed by atoms with Gasteiger partial charge < -0.3 is 4.98 Å². The van der Waals surface area contributed by atoms with E-state index in [0.717, 1.165) is 43.9 Å². The first-order chi connectivity index (χ1) is 11.2.